The standard InChI is InChI=1S/C11H21N3O2/c1-10(16-3)9-14-6-4-11(13-14)8-12-5-7-15-2/h4,6,10,12H,5,7-9H2,1-3H3. The molecule has 1 atom stereocenters. The first kappa shape index (κ1) is 13.2. The van der Waals surface area contributed by atoms with Crippen molar-refractivity contribution in [2.75, 3.05) is 27.4 Å². The van der Waals surface area contributed by atoms with Gasteiger partial charge in [-0.15, -0.1) is 0 Å². The Morgan fingerprint density at radius 1 is 1.50 bits per heavy atom. The maximum Gasteiger partial charge on any atom is 0.0762 e. The fourth-order valence-corrected chi connectivity index (χ4v) is 1.33. The molecule has 0 aromatic carbocycles. The minimum Gasteiger partial charge on any atom is -0.383 e. The molecule has 0 amide bonds. The van der Waals surface area contributed by atoms with Gasteiger partial charge in [-0.25, -0.2) is 0 Å². The Hall–Kier alpha value is -0.910. The Labute approximate surface area is 96.7 Å². The maximum absolute atomic E-state index is 5.18. The van der Waals surface area contributed by atoms with Crippen LogP contribution >= 0.6 is 0 Å². The van der Waals surface area contributed by atoms with Crippen LogP contribution in [0.4, 0.5) is 0 Å². The normalized spacial score (nSPS) is 12.9. The zero-order chi connectivity index (χ0) is 11.8. The number of nitrogens with zero attached hydrogens (tertiary/aromatic N) is 2. The SMILES string of the molecule is COCCNCc1ccn(CC(C)OC)n1. The Morgan fingerprint density at radius 3 is 3.00 bits per heavy atom. The molecule has 16 heavy (non-hydrogen) atoms. The maximum atomic E-state index is 5.18. The lowest BCUT2D eigenvalue weighted by molar-refractivity contribution is 0.0997. The highest BCUT2D eigenvalue weighted by Crippen LogP contribution is 1.98. The predicted molar refractivity (Wildman–Crippen MR) is 62.3 cm³/mol. The molecule has 1 unspecified atom stereocenters. The number of methoxy groups -OCH3 is 2. The van der Waals surface area contributed by atoms with Crippen molar-refractivity contribution in [1.29, 1.82) is 0 Å². The van der Waals surface area contributed by atoms with E-state index in [1.807, 2.05) is 23.9 Å². The molecule has 0 saturated carbocycles. The molecule has 92 valence electrons. The molecule has 0 aliphatic heterocycles. The van der Waals surface area contributed by atoms with Crippen molar-refractivity contribution in [2.45, 2.75) is 26.1 Å². The molecule has 0 radical (unpaired) electrons. The molecule has 5 nitrogen and oxygen atoms in total. The van der Waals surface area contributed by atoms with Crippen molar-refractivity contribution in [3.63, 3.8) is 0 Å². The zero-order valence-corrected chi connectivity index (χ0v) is 10.3. The van der Waals surface area contributed by atoms with Crippen molar-refractivity contribution in [2.24, 2.45) is 0 Å². The lowest BCUT2D eigenvalue weighted by Crippen LogP contribution is -2.19. The van der Waals surface area contributed by atoms with Crippen LogP contribution in [0.15, 0.2) is 12.3 Å². The summed E-state index contributed by atoms with van der Waals surface area (Å²) in [5.74, 6) is 0. The Balaban J connectivity index is 2.28. The first-order chi connectivity index (χ1) is 7.76. The van der Waals surface area contributed by atoms with Gasteiger partial charge in [0, 0.05) is 33.5 Å². The molecule has 1 N–H and O–H groups in total. The molecule has 0 spiro atoms. The van der Waals surface area contributed by atoms with Crippen molar-refractivity contribution >= 4 is 0 Å². The van der Waals surface area contributed by atoms with Gasteiger partial charge < -0.3 is 14.8 Å². The first-order valence-corrected chi connectivity index (χ1v) is 5.51. The quantitative estimate of drug-likeness (QED) is 0.663. The van der Waals surface area contributed by atoms with E-state index in [1.54, 1.807) is 14.2 Å². The van der Waals surface area contributed by atoms with Crippen LogP contribution in [0, 0.1) is 0 Å². The number of rotatable bonds is 8. The molecule has 1 aromatic heterocycles. The summed E-state index contributed by atoms with van der Waals surface area (Å²) < 4.78 is 12.0. The van der Waals surface area contributed by atoms with Gasteiger partial charge in [-0.2, -0.15) is 5.10 Å². The summed E-state index contributed by atoms with van der Waals surface area (Å²) in [6.07, 6.45) is 2.16. The number of hydrogen-bond donors (Lipinski definition) is 1. The Bertz CT molecular complexity index is 289. The summed E-state index contributed by atoms with van der Waals surface area (Å²) in [4.78, 5) is 0. The topological polar surface area (TPSA) is 48.3 Å². The van der Waals surface area contributed by atoms with E-state index in [-0.39, 0.29) is 6.10 Å². The minimum absolute atomic E-state index is 0.189. The van der Waals surface area contributed by atoms with Crippen LogP contribution in [0.3, 0.4) is 0 Å². The van der Waals surface area contributed by atoms with Crippen LogP contribution in [0.5, 0.6) is 0 Å². The van der Waals surface area contributed by atoms with E-state index in [9.17, 15) is 0 Å². The van der Waals surface area contributed by atoms with Crippen molar-refractivity contribution in [3.8, 4) is 0 Å². The molecular formula is C11H21N3O2. The van der Waals surface area contributed by atoms with Crippen LogP contribution in [0.1, 0.15) is 12.6 Å². The molecule has 0 bridgehead atoms. The third kappa shape index (κ3) is 4.74. The third-order valence-electron chi connectivity index (χ3n) is 2.33. The average molecular weight is 227 g/mol. The summed E-state index contributed by atoms with van der Waals surface area (Å²) in [7, 11) is 3.41. The van der Waals surface area contributed by atoms with Crippen LogP contribution in [0.2, 0.25) is 0 Å². The molecule has 0 saturated heterocycles. The van der Waals surface area contributed by atoms with E-state index >= 15 is 0 Å². The van der Waals surface area contributed by atoms with Crippen LogP contribution in [-0.4, -0.2) is 43.3 Å². The largest absolute Gasteiger partial charge is 0.383 e. The van der Waals surface area contributed by atoms with Gasteiger partial charge >= 0.3 is 0 Å². The number of nitrogens with one attached hydrogen (secondary N) is 1. The zero-order valence-electron chi connectivity index (χ0n) is 10.3. The molecule has 5 heteroatoms. The van der Waals surface area contributed by atoms with Gasteiger partial charge in [0.05, 0.1) is 24.9 Å². The molecular weight excluding hydrogens is 206 g/mol. The van der Waals surface area contributed by atoms with E-state index in [2.05, 4.69) is 10.4 Å². The van der Waals surface area contributed by atoms with Gasteiger partial charge in [-0.3, -0.25) is 4.68 Å². The highest BCUT2D eigenvalue weighted by Gasteiger charge is 2.03. The number of aromatic nitrogens is 2. The van der Waals surface area contributed by atoms with Crippen molar-refractivity contribution < 1.29 is 9.47 Å². The number of ether oxygens (including phenoxy) is 2. The number of hydrogen-bond acceptors (Lipinski definition) is 4. The molecule has 0 aliphatic carbocycles. The van der Waals surface area contributed by atoms with E-state index in [0.717, 1.165) is 31.9 Å². The van der Waals surface area contributed by atoms with Gasteiger partial charge in [0.25, 0.3) is 0 Å². The molecule has 0 fully saturated rings. The minimum atomic E-state index is 0.189. The van der Waals surface area contributed by atoms with Crippen LogP contribution < -0.4 is 5.32 Å². The predicted octanol–water partition coefficient (Wildman–Crippen LogP) is 0.654. The Morgan fingerprint density at radius 2 is 2.31 bits per heavy atom. The van der Waals surface area contributed by atoms with Crippen LogP contribution in [-0.2, 0) is 22.6 Å². The first-order valence-electron chi connectivity index (χ1n) is 5.51. The van der Waals surface area contributed by atoms with Gasteiger partial charge in [-0.1, -0.05) is 0 Å². The van der Waals surface area contributed by atoms with Crippen LogP contribution in [0.25, 0.3) is 0 Å². The molecule has 1 heterocycles. The van der Waals surface area contributed by atoms with Gasteiger partial charge in [0.15, 0.2) is 0 Å². The third-order valence-corrected chi connectivity index (χ3v) is 2.33. The average Bonchev–Trinajstić information content (AvgIpc) is 2.72. The highest BCUT2D eigenvalue weighted by atomic mass is 16.5. The van der Waals surface area contributed by atoms with Crippen molar-refractivity contribution in [1.82, 2.24) is 15.1 Å². The van der Waals surface area contributed by atoms with Gasteiger partial charge in [-0.05, 0) is 13.0 Å². The molecule has 1 rings (SSSR count). The van der Waals surface area contributed by atoms with E-state index < -0.39 is 0 Å². The van der Waals surface area contributed by atoms with E-state index in [0.29, 0.717) is 0 Å². The smallest absolute Gasteiger partial charge is 0.0762 e. The second kappa shape index (κ2) is 7.38. The lowest BCUT2D eigenvalue weighted by atomic mass is 10.4. The second-order valence-corrected chi connectivity index (χ2v) is 3.75. The monoisotopic (exact) mass is 227 g/mol. The summed E-state index contributed by atoms with van der Waals surface area (Å²) in [6.45, 7) is 5.16. The van der Waals surface area contributed by atoms with E-state index in [1.165, 1.54) is 0 Å². The molecule has 1 aromatic rings. The van der Waals surface area contributed by atoms with Crippen molar-refractivity contribution in [3.05, 3.63) is 18.0 Å². The van der Waals surface area contributed by atoms with Gasteiger partial charge in [0.2, 0.25) is 0 Å². The lowest BCUT2D eigenvalue weighted by Gasteiger charge is -2.08. The molecule has 0 aliphatic rings. The fraction of sp³-hybridized carbons (Fsp3) is 0.727. The van der Waals surface area contributed by atoms with Gasteiger partial charge in [0.1, 0.15) is 0 Å². The highest BCUT2D eigenvalue weighted by molar-refractivity contribution is 4.98. The van der Waals surface area contributed by atoms with E-state index in [4.69, 9.17) is 9.47 Å². The fourth-order valence-electron chi connectivity index (χ4n) is 1.33. The summed E-state index contributed by atoms with van der Waals surface area (Å²) in [5.41, 5.74) is 1.04. The summed E-state index contributed by atoms with van der Waals surface area (Å²) in [6, 6.07) is 2.02. The summed E-state index contributed by atoms with van der Waals surface area (Å²) in [5, 5.41) is 7.68. The second-order valence-electron chi connectivity index (χ2n) is 3.75. The summed E-state index contributed by atoms with van der Waals surface area (Å²) >= 11 is 0. The Kier molecular flexibility index (Phi) is 6.07.